The van der Waals surface area contributed by atoms with Crippen molar-refractivity contribution in [2.75, 3.05) is 0 Å². The minimum Gasteiger partial charge on any atom is -0.466 e. The van der Waals surface area contributed by atoms with E-state index in [1.54, 1.807) is 32.9 Å². The number of amides is 1. The van der Waals surface area contributed by atoms with Crippen molar-refractivity contribution in [2.45, 2.75) is 44.2 Å². The smallest absolute Gasteiger partial charge is 0.415 e. The standard InChI is InChI=1S/C18H21N3O5S/c1-12-7-9-13(10-8-12)27(23,24)16(21-19)15(14-6-5-11-25-14)20-17(22)26-18(2,3)4/h5-11,15H,1-4H3,(H,20,22)/t15-/m1/s1. The highest BCUT2D eigenvalue weighted by Crippen LogP contribution is 2.23. The molecule has 0 bridgehead atoms. The van der Waals surface area contributed by atoms with E-state index < -0.39 is 32.6 Å². The molecule has 0 saturated carbocycles. The van der Waals surface area contributed by atoms with E-state index in [0.717, 1.165) is 5.56 Å². The summed E-state index contributed by atoms with van der Waals surface area (Å²) in [7, 11) is -4.21. The first kappa shape index (κ1) is 20.4. The summed E-state index contributed by atoms with van der Waals surface area (Å²) < 4.78 is 36.3. The molecule has 0 aliphatic carbocycles. The number of carbonyl (C=O) groups is 1. The summed E-state index contributed by atoms with van der Waals surface area (Å²) in [4.78, 5) is 15.1. The summed E-state index contributed by atoms with van der Waals surface area (Å²) >= 11 is 0. The summed E-state index contributed by atoms with van der Waals surface area (Å²) in [5.74, 6) is 0.0735. The van der Waals surface area contributed by atoms with Gasteiger partial charge in [-0.25, -0.2) is 13.2 Å². The van der Waals surface area contributed by atoms with Gasteiger partial charge in [0.2, 0.25) is 6.04 Å². The van der Waals surface area contributed by atoms with Crippen LogP contribution in [0, 0.1) is 6.92 Å². The van der Waals surface area contributed by atoms with E-state index in [1.807, 2.05) is 6.92 Å². The topological polar surface area (TPSA) is 122 Å². The Morgan fingerprint density at radius 3 is 2.33 bits per heavy atom. The molecule has 2 aromatic rings. The number of rotatable bonds is 4. The molecule has 27 heavy (non-hydrogen) atoms. The van der Waals surface area contributed by atoms with Crippen LogP contribution in [0.15, 0.2) is 52.0 Å². The number of sulfone groups is 1. The van der Waals surface area contributed by atoms with Gasteiger partial charge in [0.25, 0.3) is 9.84 Å². The van der Waals surface area contributed by atoms with Gasteiger partial charge in [-0.15, -0.1) is 0 Å². The number of ether oxygens (including phenoxy) is 1. The summed E-state index contributed by atoms with van der Waals surface area (Å²) in [6.45, 7) is 6.81. The van der Waals surface area contributed by atoms with Crippen molar-refractivity contribution in [1.29, 1.82) is 0 Å². The minimum absolute atomic E-state index is 0.0735. The number of benzene rings is 1. The van der Waals surface area contributed by atoms with Gasteiger partial charge < -0.3 is 14.7 Å². The van der Waals surface area contributed by atoms with E-state index in [4.69, 9.17) is 9.15 Å². The summed E-state index contributed by atoms with van der Waals surface area (Å²) in [5, 5.41) is 1.70. The predicted molar refractivity (Wildman–Crippen MR) is 97.8 cm³/mol. The Labute approximate surface area is 157 Å². The second-order valence-corrected chi connectivity index (χ2v) is 8.75. The molecule has 0 spiro atoms. The Balaban J connectivity index is 2.45. The third kappa shape index (κ3) is 5.06. The van der Waals surface area contributed by atoms with Gasteiger partial charge in [-0.05, 0) is 52.0 Å². The van der Waals surface area contributed by atoms with E-state index >= 15 is 0 Å². The molecule has 0 unspecified atom stereocenters. The van der Waals surface area contributed by atoms with Crippen LogP contribution < -0.4 is 5.32 Å². The normalized spacial score (nSPS) is 12.7. The highest BCUT2D eigenvalue weighted by atomic mass is 32.2. The van der Waals surface area contributed by atoms with Crippen LogP contribution in [-0.4, -0.2) is 29.9 Å². The molecule has 1 N–H and O–H groups in total. The molecule has 9 heteroatoms. The first-order valence-electron chi connectivity index (χ1n) is 8.11. The van der Waals surface area contributed by atoms with Gasteiger partial charge in [-0.2, -0.15) is 4.79 Å². The van der Waals surface area contributed by atoms with Crippen molar-refractivity contribution in [3.05, 3.63) is 59.5 Å². The van der Waals surface area contributed by atoms with Crippen LogP contribution in [0.2, 0.25) is 0 Å². The fourth-order valence-electron chi connectivity index (χ4n) is 2.24. The van der Waals surface area contributed by atoms with Gasteiger partial charge in [0.1, 0.15) is 11.4 Å². The highest BCUT2D eigenvalue weighted by molar-refractivity contribution is 8.06. The average molecular weight is 391 g/mol. The quantitative estimate of drug-likeness (QED) is 0.371. The van der Waals surface area contributed by atoms with Crippen molar-refractivity contribution >= 4 is 21.0 Å². The lowest BCUT2D eigenvalue weighted by atomic mass is 10.2. The largest absolute Gasteiger partial charge is 0.466 e. The first-order chi connectivity index (χ1) is 12.5. The number of alkyl carbamates (subject to hydrolysis) is 1. The van der Waals surface area contributed by atoms with Gasteiger partial charge in [-0.3, -0.25) is 5.32 Å². The Hall–Kier alpha value is -2.90. The van der Waals surface area contributed by atoms with Crippen molar-refractivity contribution in [3.8, 4) is 0 Å². The fraction of sp³-hybridized carbons (Fsp3) is 0.333. The van der Waals surface area contributed by atoms with Gasteiger partial charge in [-0.1, -0.05) is 17.7 Å². The zero-order valence-electron chi connectivity index (χ0n) is 15.5. The number of furan rings is 1. The van der Waals surface area contributed by atoms with E-state index in [0.29, 0.717) is 0 Å². The predicted octanol–water partition coefficient (Wildman–Crippen LogP) is 3.26. The number of hydrogen-bond donors (Lipinski definition) is 1. The van der Waals surface area contributed by atoms with E-state index in [1.165, 1.54) is 30.5 Å². The Bertz CT molecular complexity index is 951. The lowest BCUT2D eigenvalue weighted by molar-refractivity contribution is -0.00752. The van der Waals surface area contributed by atoms with Crippen molar-refractivity contribution < 1.29 is 27.2 Å². The molecule has 1 aromatic carbocycles. The molecule has 2 rings (SSSR count). The summed E-state index contributed by atoms with van der Waals surface area (Å²) in [5.41, 5.74) is 9.53. The van der Waals surface area contributed by atoms with Crippen molar-refractivity contribution in [3.63, 3.8) is 0 Å². The molecular formula is C18H21N3O5S. The van der Waals surface area contributed by atoms with E-state index in [2.05, 4.69) is 10.1 Å². The fourth-order valence-corrected chi connectivity index (χ4v) is 3.57. The van der Waals surface area contributed by atoms with Crippen molar-refractivity contribution in [1.82, 2.24) is 5.32 Å². The number of hydrogen-bond acceptors (Lipinski definition) is 5. The molecule has 0 saturated heterocycles. The van der Waals surface area contributed by atoms with Crippen LogP contribution in [0.3, 0.4) is 0 Å². The molecule has 0 radical (unpaired) electrons. The number of nitrogens with one attached hydrogen (secondary N) is 1. The maximum Gasteiger partial charge on any atom is 0.415 e. The lowest BCUT2D eigenvalue weighted by Crippen LogP contribution is -2.40. The minimum atomic E-state index is -4.21. The molecule has 1 amide bonds. The zero-order chi connectivity index (χ0) is 20.2. The zero-order valence-corrected chi connectivity index (χ0v) is 16.3. The average Bonchev–Trinajstić information content (AvgIpc) is 3.07. The SMILES string of the molecule is Cc1ccc(S(=O)(=O)C(=[N+]=[N-])[C@H](NC(=O)OC(C)(C)C)c2ccco2)cc1. The Morgan fingerprint density at radius 2 is 1.85 bits per heavy atom. The third-order valence-corrected chi connectivity index (χ3v) is 5.20. The van der Waals surface area contributed by atoms with Crippen LogP contribution in [-0.2, 0) is 14.6 Å². The Kier molecular flexibility index (Phi) is 5.88. The van der Waals surface area contributed by atoms with Gasteiger partial charge in [0, 0.05) is 0 Å². The second kappa shape index (κ2) is 7.77. The molecule has 8 nitrogen and oxygen atoms in total. The van der Waals surface area contributed by atoms with Crippen LogP contribution in [0.5, 0.6) is 0 Å². The summed E-state index contributed by atoms with van der Waals surface area (Å²) in [6.07, 6.45) is 0.427. The molecule has 1 aromatic heterocycles. The molecule has 1 atom stereocenters. The third-order valence-electron chi connectivity index (χ3n) is 3.44. The van der Waals surface area contributed by atoms with E-state index in [9.17, 15) is 18.7 Å². The molecule has 0 fully saturated rings. The second-order valence-electron chi connectivity index (χ2n) is 6.85. The van der Waals surface area contributed by atoms with Crippen molar-refractivity contribution in [2.24, 2.45) is 0 Å². The van der Waals surface area contributed by atoms with Crippen LogP contribution in [0.25, 0.3) is 5.53 Å². The monoisotopic (exact) mass is 391 g/mol. The molecule has 0 aliphatic rings. The number of carbonyl (C=O) groups excluding carboxylic acids is 1. The summed E-state index contributed by atoms with van der Waals surface area (Å²) in [6, 6.07) is 7.62. The molecular weight excluding hydrogens is 370 g/mol. The Morgan fingerprint density at radius 1 is 1.22 bits per heavy atom. The van der Waals surface area contributed by atoms with Gasteiger partial charge in [0.05, 0.1) is 11.2 Å². The molecule has 1 heterocycles. The number of nitrogens with zero attached hydrogens (tertiary/aromatic N) is 2. The van der Waals surface area contributed by atoms with Crippen LogP contribution >= 0.6 is 0 Å². The number of aryl methyl sites for hydroxylation is 1. The maximum atomic E-state index is 13.0. The maximum absolute atomic E-state index is 13.0. The van der Waals surface area contributed by atoms with Gasteiger partial charge in [0.15, 0.2) is 0 Å². The van der Waals surface area contributed by atoms with Crippen LogP contribution in [0.4, 0.5) is 4.79 Å². The van der Waals surface area contributed by atoms with Gasteiger partial charge >= 0.3 is 11.1 Å². The molecule has 144 valence electrons. The van der Waals surface area contributed by atoms with Crippen LogP contribution in [0.1, 0.15) is 38.1 Å². The first-order valence-corrected chi connectivity index (χ1v) is 9.59. The van der Waals surface area contributed by atoms with E-state index in [-0.39, 0.29) is 10.7 Å². The molecule has 0 aliphatic heterocycles. The highest BCUT2D eigenvalue weighted by Gasteiger charge is 2.42. The lowest BCUT2D eigenvalue weighted by Gasteiger charge is -2.21.